The topological polar surface area (TPSA) is 59.0 Å². The quantitative estimate of drug-likeness (QED) is 0.877. The van der Waals surface area contributed by atoms with E-state index in [0.717, 1.165) is 38.3 Å². The number of hydrogen-bond donors (Lipinski definition) is 2. The van der Waals surface area contributed by atoms with Crippen LogP contribution in [0.25, 0.3) is 0 Å². The van der Waals surface area contributed by atoms with Gasteiger partial charge in [0.2, 0.25) is 5.91 Å². The molecule has 2 unspecified atom stereocenters. The molecule has 1 aromatic rings. The molecule has 2 aliphatic rings. The third kappa shape index (κ3) is 4.09. The summed E-state index contributed by atoms with van der Waals surface area (Å²) in [7, 11) is 0. The Morgan fingerprint density at radius 1 is 1.23 bits per heavy atom. The summed E-state index contributed by atoms with van der Waals surface area (Å²) in [5.41, 5.74) is 0. The maximum Gasteiger partial charge on any atom is 0.220 e. The predicted molar refractivity (Wildman–Crippen MR) is 86.5 cm³/mol. The maximum atomic E-state index is 12.3. The highest BCUT2D eigenvalue weighted by Crippen LogP contribution is 2.28. The number of amides is 1. The fourth-order valence-electron chi connectivity index (χ4n) is 3.86. The summed E-state index contributed by atoms with van der Waals surface area (Å²) in [5.74, 6) is 0.947. The van der Waals surface area contributed by atoms with Crippen molar-refractivity contribution in [3.8, 4) is 0 Å². The molecule has 5 heteroatoms. The zero-order valence-electron chi connectivity index (χ0n) is 13.3. The lowest BCUT2D eigenvalue weighted by atomic mass is 9.89. The number of carbonyl (C=O) groups is 1. The summed E-state index contributed by atoms with van der Waals surface area (Å²) < 4.78 is 2.02. The van der Waals surface area contributed by atoms with Crippen LogP contribution in [-0.4, -0.2) is 34.8 Å². The minimum Gasteiger partial charge on any atom is -0.351 e. The van der Waals surface area contributed by atoms with Gasteiger partial charge in [0.05, 0.1) is 12.1 Å². The molecule has 0 spiro atoms. The van der Waals surface area contributed by atoms with Crippen LogP contribution < -0.4 is 10.6 Å². The van der Waals surface area contributed by atoms with Crippen LogP contribution in [0.15, 0.2) is 18.5 Å². The van der Waals surface area contributed by atoms with E-state index in [-0.39, 0.29) is 11.9 Å². The van der Waals surface area contributed by atoms with Crippen molar-refractivity contribution in [3.63, 3.8) is 0 Å². The summed E-state index contributed by atoms with van der Waals surface area (Å²) in [5, 5.41) is 11.0. The molecule has 122 valence electrons. The van der Waals surface area contributed by atoms with Gasteiger partial charge in [-0.1, -0.05) is 12.8 Å². The second-order valence-electron chi connectivity index (χ2n) is 6.74. The van der Waals surface area contributed by atoms with E-state index in [9.17, 15) is 4.79 Å². The highest BCUT2D eigenvalue weighted by molar-refractivity contribution is 5.76. The Morgan fingerprint density at radius 2 is 2.05 bits per heavy atom. The van der Waals surface area contributed by atoms with Crippen LogP contribution in [0, 0.1) is 5.92 Å². The molecule has 0 aromatic carbocycles. The molecule has 3 rings (SSSR count). The van der Waals surface area contributed by atoms with Crippen LogP contribution in [0.5, 0.6) is 0 Å². The van der Waals surface area contributed by atoms with Crippen molar-refractivity contribution in [2.45, 2.75) is 63.5 Å². The van der Waals surface area contributed by atoms with E-state index in [0.29, 0.717) is 12.5 Å². The smallest absolute Gasteiger partial charge is 0.220 e. The molecule has 5 nitrogen and oxygen atoms in total. The third-order valence-electron chi connectivity index (χ3n) is 5.18. The van der Waals surface area contributed by atoms with Crippen LogP contribution in [-0.2, 0) is 4.79 Å². The van der Waals surface area contributed by atoms with Gasteiger partial charge in [-0.3, -0.25) is 9.48 Å². The molecule has 1 saturated carbocycles. The molecule has 0 radical (unpaired) electrons. The van der Waals surface area contributed by atoms with Gasteiger partial charge in [-0.25, -0.2) is 0 Å². The number of nitrogens with zero attached hydrogens (tertiary/aromatic N) is 2. The largest absolute Gasteiger partial charge is 0.351 e. The lowest BCUT2D eigenvalue weighted by Gasteiger charge is -2.32. The normalized spacial score (nSPS) is 26.7. The van der Waals surface area contributed by atoms with Crippen molar-refractivity contribution >= 4 is 5.91 Å². The Hall–Kier alpha value is -1.36. The average molecular weight is 304 g/mol. The second-order valence-corrected chi connectivity index (χ2v) is 6.74. The van der Waals surface area contributed by atoms with E-state index >= 15 is 0 Å². The van der Waals surface area contributed by atoms with Gasteiger partial charge in [0.25, 0.3) is 0 Å². The second kappa shape index (κ2) is 7.77. The van der Waals surface area contributed by atoms with E-state index < -0.39 is 0 Å². The minimum atomic E-state index is 0.225. The van der Waals surface area contributed by atoms with Crippen molar-refractivity contribution in [1.82, 2.24) is 20.4 Å². The van der Waals surface area contributed by atoms with Gasteiger partial charge in [-0.05, 0) is 57.2 Å². The average Bonchev–Trinajstić information content (AvgIpc) is 3.09. The molecule has 1 aliphatic heterocycles. The molecule has 22 heavy (non-hydrogen) atoms. The first-order valence-corrected chi connectivity index (χ1v) is 8.82. The highest BCUT2D eigenvalue weighted by Gasteiger charge is 2.28. The molecule has 1 amide bonds. The standard InChI is InChI=1S/C17H28N4O/c22-17(7-6-14-8-11-18-12-9-14)20-15-4-1-2-5-16(15)21-13-3-10-19-21/h3,10,13-16,18H,1-2,4-9,11-12H2,(H,20,22). The van der Waals surface area contributed by atoms with E-state index in [1.54, 1.807) is 0 Å². The van der Waals surface area contributed by atoms with Gasteiger partial charge in [0.15, 0.2) is 0 Å². The number of hydrogen-bond acceptors (Lipinski definition) is 3. The minimum absolute atomic E-state index is 0.225. The summed E-state index contributed by atoms with van der Waals surface area (Å²) >= 11 is 0. The number of carbonyl (C=O) groups excluding carboxylic acids is 1. The van der Waals surface area contributed by atoms with Gasteiger partial charge in [0.1, 0.15) is 0 Å². The first-order valence-electron chi connectivity index (χ1n) is 8.82. The fourth-order valence-corrected chi connectivity index (χ4v) is 3.86. The Kier molecular flexibility index (Phi) is 5.48. The Balaban J connectivity index is 1.48. The molecule has 0 bridgehead atoms. The van der Waals surface area contributed by atoms with E-state index in [4.69, 9.17) is 0 Å². The van der Waals surface area contributed by atoms with Crippen molar-refractivity contribution in [2.75, 3.05) is 13.1 Å². The summed E-state index contributed by atoms with van der Waals surface area (Å²) in [6.07, 6.45) is 12.6. The Morgan fingerprint density at radius 3 is 2.82 bits per heavy atom. The van der Waals surface area contributed by atoms with Gasteiger partial charge in [0, 0.05) is 18.8 Å². The van der Waals surface area contributed by atoms with Gasteiger partial charge >= 0.3 is 0 Å². The lowest BCUT2D eigenvalue weighted by Crippen LogP contribution is -2.43. The van der Waals surface area contributed by atoms with Crippen molar-refractivity contribution in [2.24, 2.45) is 5.92 Å². The molecule has 1 saturated heterocycles. The Labute approximate surface area is 132 Å². The Bertz CT molecular complexity index is 453. The van der Waals surface area contributed by atoms with Gasteiger partial charge in [-0.15, -0.1) is 0 Å². The third-order valence-corrected chi connectivity index (χ3v) is 5.18. The monoisotopic (exact) mass is 304 g/mol. The molecule has 2 atom stereocenters. The van der Waals surface area contributed by atoms with E-state index in [1.807, 2.05) is 23.1 Å². The lowest BCUT2D eigenvalue weighted by molar-refractivity contribution is -0.122. The van der Waals surface area contributed by atoms with Crippen molar-refractivity contribution in [3.05, 3.63) is 18.5 Å². The molecule has 2 heterocycles. The van der Waals surface area contributed by atoms with Crippen LogP contribution in [0.4, 0.5) is 0 Å². The number of rotatable bonds is 5. The molecule has 1 aliphatic carbocycles. The van der Waals surface area contributed by atoms with Crippen LogP contribution in [0.1, 0.15) is 57.4 Å². The van der Waals surface area contributed by atoms with Gasteiger partial charge < -0.3 is 10.6 Å². The van der Waals surface area contributed by atoms with E-state index in [2.05, 4.69) is 15.7 Å². The number of nitrogens with one attached hydrogen (secondary N) is 2. The first kappa shape index (κ1) is 15.5. The molecule has 1 aromatic heterocycles. The van der Waals surface area contributed by atoms with Crippen LogP contribution >= 0.6 is 0 Å². The van der Waals surface area contributed by atoms with Crippen LogP contribution in [0.3, 0.4) is 0 Å². The fraction of sp³-hybridized carbons (Fsp3) is 0.765. The maximum absolute atomic E-state index is 12.3. The first-order chi connectivity index (χ1) is 10.8. The van der Waals surface area contributed by atoms with Gasteiger partial charge in [-0.2, -0.15) is 5.10 Å². The molecular formula is C17H28N4O. The number of piperidine rings is 1. The summed E-state index contributed by atoms with van der Waals surface area (Å²) in [4.78, 5) is 12.3. The molecule has 2 N–H and O–H groups in total. The highest BCUT2D eigenvalue weighted by atomic mass is 16.1. The van der Waals surface area contributed by atoms with Crippen LogP contribution in [0.2, 0.25) is 0 Å². The SMILES string of the molecule is O=C(CCC1CCNCC1)NC1CCCCC1n1cccn1. The zero-order chi connectivity index (χ0) is 15.2. The zero-order valence-corrected chi connectivity index (χ0v) is 13.3. The van der Waals surface area contributed by atoms with Crippen molar-refractivity contribution in [1.29, 1.82) is 0 Å². The summed E-state index contributed by atoms with van der Waals surface area (Å²) in [6, 6.07) is 2.53. The molecular weight excluding hydrogens is 276 g/mol. The van der Waals surface area contributed by atoms with Crippen molar-refractivity contribution < 1.29 is 4.79 Å². The molecule has 2 fully saturated rings. The number of aromatic nitrogens is 2. The summed E-state index contributed by atoms with van der Waals surface area (Å²) in [6.45, 7) is 2.21. The predicted octanol–water partition coefficient (Wildman–Crippen LogP) is 2.26. The van der Waals surface area contributed by atoms with E-state index in [1.165, 1.54) is 25.7 Å².